The number of halogens is 4. The maximum absolute atomic E-state index is 12.5. The fraction of sp³-hybridized carbons (Fsp3) is 0.417. The molecule has 19 heavy (non-hydrogen) atoms. The molecule has 0 bridgehead atoms. The third kappa shape index (κ3) is 5.10. The van der Waals surface area contributed by atoms with Gasteiger partial charge in [-0.1, -0.05) is 22.9 Å². The number of nitrogens with zero attached hydrogens (tertiary/aromatic N) is 1. The highest BCUT2D eigenvalue weighted by atomic mass is 79.9. The number of alkyl halides is 3. The Labute approximate surface area is 117 Å². The van der Waals surface area contributed by atoms with Crippen molar-refractivity contribution in [1.82, 2.24) is 0 Å². The van der Waals surface area contributed by atoms with Gasteiger partial charge in [-0.05, 0) is 24.6 Å². The lowest BCUT2D eigenvalue weighted by atomic mass is 10.2. The molecular formula is C12H13BrF3NO2. The number of rotatable bonds is 5. The summed E-state index contributed by atoms with van der Waals surface area (Å²) in [4.78, 5) is 12.0. The number of carboxylic acids is 1. The molecule has 3 nitrogen and oxygen atoms in total. The Morgan fingerprint density at radius 3 is 2.47 bits per heavy atom. The zero-order valence-corrected chi connectivity index (χ0v) is 11.8. The van der Waals surface area contributed by atoms with Crippen LogP contribution in [-0.2, 0) is 0 Å². The van der Waals surface area contributed by atoms with E-state index < -0.39 is 18.7 Å². The molecule has 0 fully saturated rings. The van der Waals surface area contributed by atoms with Crippen LogP contribution in [0.2, 0.25) is 0 Å². The molecule has 0 aliphatic rings. The van der Waals surface area contributed by atoms with E-state index in [-0.39, 0.29) is 17.8 Å². The van der Waals surface area contributed by atoms with Gasteiger partial charge in [-0.15, -0.1) is 0 Å². The van der Waals surface area contributed by atoms with Crippen molar-refractivity contribution in [3.05, 3.63) is 28.2 Å². The van der Waals surface area contributed by atoms with Crippen LogP contribution in [0.3, 0.4) is 0 Å². The molecule has 0 spiro atoms. The van der Waals surface area contributed by atoms with E-state index in [1.807, 2.05) is 0 Å². The lowest BCUT2D eigenvalue weighted by molar-refractivity contribution is -0.119. The van der Waals surface area contributed by atoms with Crippen LogP contribution in [0.15, 0.2) is 22.7 Å². The molecule has 7 heteroatoms. The Kier molecular flexibility index (Phi) is 5.22. The van der Waals surface area contributed by atoms with Crippen LogP contribution in [0.25, 0.3) is 0 Å². The SMILES string of the molecule is CCCN(CC(F)(F)F)c1cc(Br)cc(C(=O)O)c1. The Hall–Kier alpha value is -1.24. The molecule has 0 saturated carbocycles. The van der Waals surface area contributed by atoms with Gasteiger partial charge in [0.1, 0.15) is 6.54 Å². The molecule has 106 valence electrons. The minimum atomic E-state index is -4.33. The Bertz CT molecular complexity index is 463. The van der Waals surface area contributed by atoms with Gasteiger partial charge in [0, 0.05) is 16.7 Å². The Balaban J connectivity index is 3.11. The van der Waals surface area contributed by atoms with Crippen LogP contribution in [0.4, 0.5) is 18.9 Å². The third-order valence-corrected chi connectivity index (χ3v) is 2.82. The van der Waals surface area contributed by atoms with E-state index in [0.29, 0.717) is 10.9 Å². The molecule has 1 N–H and O–H groups in total. The maximum atomic E-state index is 12.5. The summed E-state index contributed by atoms with van der Waals surface area (Å²) in [5.74, 6) is -1.17. The van der Waals surface area contributed by atoms with Crippen LogP contribution in [0.5, 0.6) is 0 Å². The number of carbonyl (C=O) groups is 1. The van der Waals surface area contributed by atoms with Crippen molar-refractivity contribution in [1.29, 1.82) is 0 Å². The lowest BCUT2D eigenvalue weighted by Gasteiger charge is -2.26. The standard InChI is InChI=1S/C12H13BrF3NO2/c1-2-3-17(7-12(14,15)16)10-5-8(11(18)19)4-9(13)6-10/h4-6H,2-3,7H2,1H3,(H,18,19). The van der Waals surface area contributed by atoms with Gasteiger partial charge in [0.2, 0.25) is 0 Å². The van der Waals surface area contributed by atoms with Crippen LogP contribution in [0, 0.1) is 0 Å². The first-order valence-corrected chi connectivity index (χ1v) is 6.38. The average molecular weight is 340 g/mol. The monoisotopic (exact) mass is 339 g/mol. The number of benzene rings is 1. The second-order valence-electron chi connectivity index (χ2n) is 4.04. The summed E-state index contributed by atoms with van der Waals surface area (Å²) < 4.78 is 37.9. The molecule has 1 aromatic rings. The van der Waals surface area contributed by atoms with Gasteiger partial charge in [-0.3, -0.25) is 0 Å². The van der Waals surface area contributed by atoms with Gasteiger partial charge in [-0.2, -0.15) is 13.2 Å². The lowest BCUT2D eigenvalue weighted by Crippen LogP contribution is -2.35. The quantitative estimate of drug-likeness (QED) is 0.883. The summed E-state index contributed by atoms with van der Waals surface area (Å²) in [6, 6.07) is 4.08. The highest BCUT2D eigenvalue weighted by Crippen LogP contribution is 2.26. The molecule has 0 aromatic heterocycles. The molecule has 0 unspecified atom stereocenters. The highest BCUT2D eigenvalue weighted by molar-refractivity contribution is 9.10. The number of hydrogen-bond donors (Lipinski definition) is 1. The van der Waals surface area contributed by atoms with E-state index in [2.05, 4.69) is 15.9 Å². The minimum Gasteiger partial charge on any atom is -0.478 e. The summed E-state index contributed by atoms with van der Waals surface area (Å²) in [5, 5.41) is 8.92. The molecule has 0 aliphatic heterocycles. The van der Waals surface area contributed by atoms with Crippen molar-refractivity contribution >= 4 is 27.6 Å². The number of carboxylic acid groups (broad SMARTS) is 1. The van der Waals surface area contributed by atoms with Crippen LogP contribution < -0.4 is 4.90 Å². The fourth-order valence-electron chi connectivity index (χ4n) is 1.67. The van der Waals surface area contributed by atoms with Crippen LogP contribution >= 0.6 is 15.9 Å². The second-order valence-corrected chi connectivity index (χ2v) is 4.96. The van der Waals surface area contributed by atoms with E-state index in [1.165, 1.54) is 18.2 Å². The number of anilines is 1. The largest absolute Gasteiger partial charge is 0.478 e. The predicted octanol–water partition coefficient (Wildman–Crippen LogP) is 3.93. The molecule has 0 heterocycles. The van der Waals surface area contributed by atoms with Crippen molar-refractivity contribution in [3.63, 3.8) is 0 Å². The average Bonchev–Trinajstić information content (AvgIpc) is 2.25. The molecule has 0 atom stereocenters. The smallest absolute Gasteiger partial charge is 0.405 e. The minimum absolute atomic E-state index is 0.0485. The summed E-state index contributed by atoms with van der Waals surface area (Å²) in [6.45, 7) is 0.866. The van der Waals surface area contributed by atoms with E-state index >= 15 is 0 Å². The first-order chi connectivity index (χ1) is 8.73. The normalized spacial score (nSPS) is 11.4. The van der Waals surface area contributed by atoms with E-state index in [9.17, 15) is 18.0 Å². The zero-order valence-electron chi connectivity index (χ0n) is 10.2. The van der Waals surface area contributed by atoms with Gasteiger partial charge in [-0.25, -0.2) is 4.79 Å². The van der Waals surface area contributed by atoms with Gasteiger partial charge >= 0.3 is 12.1 Å². The van der Waals surface area contributed by atoms with Crippen molar-refractivity contribution in [3.8, 4) is 0 Å². The maximum Gasteiger partial charge on any atom is 0.405 e. The van der Waals surface area contributed by atoms with Crippen LogP contribution in [-0.4, -0.2) is 30.3 Å². The van der Waals surface area contributed by atoms with Gasteiger partial charge < -0.3 is 10.0 Å². The molecule has 0 amide bonds. The van der Waals surface area contributed by atoms with Crippen molar-refractivity contribution < 1.29 is 23.1 Å². The van der Waals surface area contributed by atoms with E-state index in [4.69, 9.17) is 5.11 Å². The van der Waals surface area contributed by atoms with E-state index in [0.717, 1.165) is 4.90 Å². The summed E-state index contributed by atoms with van der Waals surface area (Å²) in [6.07, 6.45) is -3.80. The Morgan fingerprint density at radius 1 is 1.37 bits per heavy atom. The van der Waals surface area contributed by atoms with Crippen molar-refractivity contribution in [2.45, 2.75) is 19.5 Å². The van der Waals surface area contributed by atoms with Crippen molar-refractivity contribution in [2.24, 2.45) is 0 Å². The van der Waals surface area contributed by atoms with Crippen LogP contribution in [0.1, 0.15) is 23.7 Å². The molecule has 0 saturated heterocycles. The molecule has 0 aliphatic carbocycles. The van der Waals surface area contributed by atoms with Gasteiger partial charge in [0.05, 0.1) is 5.56 Å². The summed E-state index contributed by atoms with van der Waals surface area (Å²) in [5.41, 5.74) is 0.193. The third-order valence-electron chi connectivity index (χ3n) is 2.36. The predicted molar refractivity (Wildman–Crippen MR) is 69.7 cm³/mol. The molecular weight excluding hydrogens is 327 g/mol. The van der Waals surface area contributed by atoms with Gasteiger partial charge in [0.25, 0.3) is 0 Å². The molecule has 1 aromatic carbocycles. The zero-order chi connectivity index (χ0) is 14.6. The second kappa shape index (κ2) is 6.27. The Morgan fingerprint density at radius 2 is 2.00 bits per heavy atom. The summed E-state index contributed by atoms with van der Waals surface area (Å²) >= 11 is 3.11. The first-order valence-electron chi connectivity index (χ1n) is 5.58. The topological polar surface area (TPSA) is 40.5 Å². The molecule has 1 rings (SSSR count). The highest BCUT2D eigenvalue weighted by Gasteiger charge is 2.31. The summed E-state index contributed by atoms with van der Waals surface area (Å²) in [7, 11) is 0. The fourth-order valence-corrected chi connectivity index (χ4v) is 2.15. The molecule has 0 radical (unpaired) electrons. The number of aromatic carboxylic acids is 1. The van der Waals surface area contributed by atoms with Crippen molar-refractivity contribution in [2.75, 3.05) is 18.0 Å². The van der Waals surface area contributed by atoms with Gasteiger partial charge in [0.15, 0.2) is 0 Å². The number of hydrogen-bond acceptors (Lipinski definition) is 2. The first kappa shape index (κ1) is 15.8. The van der Waals surface area contributed by atoms with E-state index in [1.54, 1.807) is 6.92 Å².